The van der Waals surface area contributed by atoms with Crippen LogP contribution in [-0.2, 0) is 0 Å². The summed E-state index contributed by atoms with van der Waals surface area (Å²) in [6.07, 6.45) is 0.799. The minimum absolute atomic E-state index is 0.0966. The number of ether oxygens (including phenoxy) is 2. The molecule has 1 aliphatic rings. The van der Waals surface area contributed by atoms with Crippen molar-refractivity contribution in [3.05, 3.63) is 23.8 Å². The SMILES string of the molecule is CC(NCC(C)(C)CCO)c1ccc2c(c1)OCO2. The fourth-order valence-electron chi connectivity index (χ4n) is 2.12. The summed E-state index contributed by atoms with van der Waals surface area (Å²) in [5, 5.41) is 12.5. The van der Waals surface area contributed by atoms with Crippen molar-refractivity contribution in [2.75, 3.05) is 19.9 Å². The van der Waals surface area contributed by atoms with E-state index in [2.05, 4.69) is 32.2 Å². The van der Waals surface area contributed by atoms with Crippen LogP contribution in [0.1, 0.15) is 38.8 Å². The van der Waals surface area contributed by atoms with Crippen molar-refractivity contribution in [3.8, 4) is 11.5 Å². The highest BCUT2D eigenvalue weighted by molar-refractivity contribution is 5.45. The summed E-state index contributed by atoms with van der Waals surface area (Å²) in [6, 6.07) is 6.28. The van der Waals surface area contributed by atoms with E-state index in [4.69, 9.17) is 14.6 Å². The molecule has 1 atom stereocenters. The van der Waals surface area contributed by atoms with Crippen LogP contribution in [0, 0.1) is 5.41 Å². The van der Waals surface area contributed by atoms with Gasteiger partial charge in [-0.2, -0.15) is 0 Å². The van der Waals surface area contributed by atoms with E-state index in [0.29, 0.717) is 6.79 Å². The third-order valence-corrected chi connectivity index (χ3v) is 3.57. The first kappa shape index (κ1) is 14.2. The molecule has 0 saturated carbocycles. The zero-order valence-corrected chi connectivity index (χ0v) is 11.9. The van der Waals surface area contributed by atoms with Crippen molar-refractivity contribution in [2.24, 2.45) is 5.41 Å². The molecule has 19 heavy (non-hydrogen) atoms. The Bertz CT molecular complexity index is 431. The lowest BCUT2D eigenvalue weighted by Gasteiger charge is -2.26. The monoisotopic (exact) mass is 265 g/mol. The minimum atomic E-state index is 0.0966. The maximum absolute atomic E-state index is 9.03. The van der Waals surface area contributed by atoms with Gasteiger partial charge in [0.25, 0.3) is 0 Å². The van der Waals surface area contributed by atoms with Gasteiger partial charge in [0, 0.05) is 19.2 Å². The maximum atomic E-state index is 9.03. The van der Waals surface area contributed by atoms with E-state index in [1.165, 1.54) is 5.56 Å². The number of benzene rings is 1. The number of aliphatic hydroxyl groups excluding tert-OH is 1. The van der Waals surface area contributed by atoms with E-state index in [1.807, 2.05) is 12.1 Å². The van der Waals surface area contributed by atoms with Gasteiger partial charge >= 0.3 is 0 Å². The lowest BCUT2D eigenvalue weighted by atomic mass is 9.89. The summed E-state index contributed by atoms with van der Waals surface area (Å²) in [6.45, 7) is 7.85. The molecule has 0 spiro atoms. The Morgan fingerprint density at radius 1 is 1.32 bits per heavy atom. The number of hydrogen-bond donors (Lipinski definition) is 2. The summed E-state index contributed by atoms with van der Waals surface area (Å²) in [5.41, 5.74) is 1.28. The predicted octanol–water partition coefficient (Wildman–Crippen LogP) is 2.47. The van der Waals surface area contributed by atoms with Crippen LogP contribution in [0.4, 0.5) is 0 Å². The quantitative estimate of drug-likeness (QED) is 0.829. The molecule has 0 bridgehead atoms. The van der Waals surface area contributed by atoms with Gasteiger partial charge in [-0.15, -0.1) is 0 Å². The van der Waals surface area contributed by atoms with Crippen molar-refractivity contribution in [1.29, 1.82) is 0 Å². The van der Waals surface area contributed by atoms with Gasteiger partial charge in [-0.25, -0.2) is 0 Å². The molecule has 0 saturated heterocycles. The average Bonchev–Trinajstić information content (AvgIpc) is 2.83. The Hall–Kier alpha value is -1.26. The maximum Gasteiger partial charge on any atom is 0.231 e. The second-order valence-electron chi connectivity index (χ2n) is 5.85. The van der Waals surface area contributed by atoms with Gasteiger partial charge in [0.15, 0.2) is 11.5 Å². The first-order valence-electron chi connectivity index (χ1n) is 6.76. The molecule has 1 unspecified atom stereocenters. The Morgan fingerprint density at radius 3 is 2.79 bits per heavy atom. The lowest BCUT2D eigenvalue weighted by molar-refractivity contribution is 0.174. The standard InChI is InChI=1S/C15H23NO3/c1-11(16-9-15(2,3)6-7-17)12-4-5-13-14(8-12)19-10-18-13/h4-5,8,11,16-17H,6-7,9-10H2,1-3H3. The molecule has 0 aliphatic carbocycles. The number of aliphatic hydroxyl groups is 1. The van der Waals surface area contributed by atoms with Crippen molar-refractivity contribution in [2.45, 2.75) is 33.2 Å². The molecule has 4 heteroatoms. The van der Waals surface area contributed by atoms with E-state index in [9.17, 15) is 0 Å². The second kappa shape index (κ2) is 5.80. The first-order chi connectivity index (χ1) is 9.02. The van der Waals surface area contributed by atoms with Crippen LogP contribution in [-0.4, -0.2) is 25.1 Å². The minimum Gasteiger partial charge on any atom is -0.454 e. The summed E-state index contributed by atoms with van der Waals surface area (Å²) < 4.78 is 10.7. The number of hydrogen-bond acceptors (Lipinski definition) is 4. The van der Waals surface area contributed by atoms with Gasteiger partial charge in [-0.3, -0.25) is 0 Å². The van der Waals surface area contributed by atoms with E-state index < -0.39 is 0 Å². The van der Waals surface area contributed by atoms with Crippen molar-refractivity contribution < 1.29 is 14.6 Å². The molecule has 2 rings (SSSR count). The highest BCUT2D eigenvalue weighted by Crippen LogP contribution is 2.34. The third-order valence-electron chi connectivity index (χ3n) is 3.57. The topological polar surface area (TPSA) is 50.7 Å². The molecule has 0 aromatic heterocycles. The highest BCUT2D eigenvalue weighted by Gasteiger charge is 2.20. The van der Waals surface area contributed by atoms with Crippen LogP contribution in [0.15, 0.2) is 18.2 Å². The number of fused-ring (bicyclic) bond motifs is 1. The Kier molecular flexibility index (Phi) is 4.32. The average molecular weight is 265 g/mol. The van der Waals surface area contributed by atoms with Gasteiger partial charge < -0.3 is 19.9 Å². The largest absolute Gasteiger partial charge is 0.454 e. The Morgan fingerprint density at radius 2 is 2.05 bits per heavy atom. The first-order valence-corrected chi connectivity index (χ1v) is 6.76. The fraction of sp³-hybridized carbons (Fsp3) is 0.600. The fourth-order valence-corrected chi connectivity index (χ4v) is 2.12. The molecule has 0 radical (unpaired) electrons. The lowest BCUT2D eigenvalue weighted by Crippen LogP contribution is -2.32. The van der Waals surface area contributed by atoms with Gasteiger partial charge in [0.05, 0.1) is 0 Å². The van der Waals surface area contributed by atoms with E-state index >= 15 is 0 Å². The Balaban J connectivity index is 1.95. The zero-order chi connectivity index (χ0) is 13.9. The third kappa shape index (κ3) is 3.61. The highest BCUT2D eigenvalue weighted by atomic mass is 16.7. The summed E-state index contributed by atoms with van der Waals surface area (Å²) >= 11 is 0. The van der Waals surface area contributed by atoms with Gasteiger partial charge in [0.1, 0.15) is 0 Å². The summed E-state index contributed by atoms with van der Waals surface area (Å²) in [7, 11) is 0. The van der Waals surface area contributed by atoms with E-state index in [-0.39, 0.29) is 18.1 Å². The summed E-state index contributed by atoms with van der Waals surface area (Å²) in [5.74, 6) is 1.64. The molecule has 106 valence electrons. The van der Waals surface area contributed by atoms with Gasteiger partial charge in [-0.1, -0.05) is 19.9 Å². The zero-order valence-electron chi connectivity index (χ0n) is 11.9. The van der Waals surface area contributed by atoms with Crippen LogP contribution >= 0.6 is 0 Å². The molecular formula is C15H23NO3. The molecule has 4 nitrogen and oxygen atoms in total. The number of rotatable bonds is 6. The molecule has 2 N–H and O–H groups in total. The van der Waals surface area contributed by atoms with Gasteiger partial charge in [-0.05, 0) is 36.5 Å². The molecule has 0 amide bonds. The molecular weight excluding hydrogens is 242 g/mol. The molecule has 1 aliphatic heterocycles. The van der Waals surface area contributed by atoms with Crippen molar-refractivity contribution in [3.63, 3.8) is 0 Å². The second-order valence-corrected chi connectivity index (χ2v) is 5.85. The van der Waals surface area contributed by atoms with Crippen LogP contribution in [0.3, 0.4) is 0 Å². The molecule has 1 heterocycles. The Labute approximate surface area is 114 Å². The van der Waals surface area contributed by atoms with E-state index in [0.717, 1.165) is 24.5 Å². The predicted molar refractivity (Wildman–Crippen MR) is 74.5 cm³/mol. The van der Waals surface area contributed by atoms with Crippen molar-refractivity contribution >= 4 is 0 Å². The van der Waals surface area contributed by atoms with Crippen molar-refractivity contribution in [1.82, 2.24) is 5.32 Å². The van der Waals surface area contributed by atoms with Gasteiger partial charge in [0.2, 0.25) is 6.79 Å². The van der Waals surface area contributed by atoms with Crippen LogP contribution in [0.5, 0.6) is 11.5 Å². The van der Waals surface area contributed by atoms with E-state index in [1.54, 1.807) is 0 Å². The molecule has 1 aromatic rings. The number of nitrogens with one attached hydrogen (secondary N) is 1. The molecule has 0 fully saturated rings. The van der Waals surface area contributed by atoms with Crippen LogP contribution in [0.25, 0.3) is 0 Å². The smallest absolute Gasteiger partial charge is 0.231 e. The summed E-state index contributed by atoms with van der Waals surface area (Å²) in [4.78, 5) is 0. The normalized spacial score (nSPS) is 15.6. The molecule has 1 aromatic carbocycles. The van der Waals surface area contributed by atoms with Crippen LogP contribution in [0.2, 0.25) is 0 Å². The van der Waals surface area contributed by atoms with Crippen LogP contribution < -0.4 is 14.8 Å².